The number of rotatable bonds is 16. The molecule has 13 heteroatoms. The number of amides is 3. The van der Waals surface area contributed by atoms with Crippen molar-refractivity contribution in [2.45, 2.75) is 75.9 Å². The van der Waals surface area contributed by atoms with Crippen LogP contribution in [0.5, 0.6) is 0 Å². The van der Waals surface area contributed by atoms with Gasteiger partial charge in [-0.2, -0.15) is 11.8 Å². The number of carbonyl (C=O) groups is 4. The Hall–Kier alpha value is -1.93. The molecule has 0 fully saturated rings. The van der Waals surface area contributed by atoms with E-state index in [0.29, 0.717) is 31.6 Å². The van der Waals surface area contributed by atoms with Crippen molar-refractivity contribution in [1.29, 1.82) is 0 Å². The maximum absolute atomic E-state index is 12.8. The van der Waals surface area contributed by atoms with Crippen LogP contribution in [0.15, 0.2) is 0 Å². The maximum atomic E-state index is 12.8. The lowest BCUT2D eigenvalue weighted by Crippen LogP contribution is -2.60. The molecule has 0 radical (unpaired) electrons. The second-order valence-electron chi connectivity index (χ2n) is 7.53. The summed E-state index contributed by atoms with van der Waals surface area (Å²) in [6, 6.07) is -4.99. The van der Waals surface area contributed by atoms with Crippen LogP contribution in [0, 0.1) is 0 Å². The Kier molecular flexibility index (Phi) is 14.9. The SMILES string of the molecule is CSCCC(N)C(=O)NC(CCCCN)C(=O)NC(C(=O)NC(C(=O)O)C(C)O)C(C)O. The second-order valence-corrected chi connectivity index (χ2v) is 8.51. The highest BCUT2D eigenvalue weighted by Crippen LogP contribution is 2.06. The van der Waals surface area contributed by atoms with Crippen molar-refractivity contribution in [1.82, 2.24) is 16.0 Å². The number of thioether (sulfide) groups is 1. The number of nitrogens with one attached hydrogen (secondary N) is 3. The lowest BCUT2D eigenvalue weighted by Gasteiger charge is -2.27. The first-order valence-electron chi connectivity index (χ1n) is 10.4. The van der Waals surface area contributed by atoms with Crippen molar-refractivity contribution in [3.05, 3.63) is 0 Å². The van der Waals surface area contributed by atoms with Crippen LogP contribution in [-0.4, -0.2) is 93.9 Å². The van der Waals surface area contributed by atoms with E-state index in [0.717, 1.165) is 0 Å². The zero-order valence-corrected chi connectivity index (χ0v) is 19.6. The van der Waals surface area contributed by atoms with Crippen molar-refractivity contribution in [2.75, 3.05) is 18.6 Å². The summed E-state index contributed by atoms with van der Waals surface area (Å²) in [5.74, 6) is -3.07. The van der Waals surface area contributed by atoms with Crippen LogP contribution in [-0.2, 0) is 19.2 Å². The Labute approximate surface area is 192 Å². The predicted octanol–water partition coefficient (Wildman–Crippen LogP) is -2.50. The predicted molar refractivity (Wildman–Crippen MR) is 121 cm³/mol. The van der Waals surface area contributed by atoms with Crippen LogP contribution in [0.25, 0.3) is 0 Å². The molecule has 0 aromatic rings. The number of carbonyl (C=O) groups excluding carboxylic acids is 3. The number of carboxylic acids is 1. The lowest BCUT2D eigenvalue weighted by molar-refractivity contribution is -0.146. The molecule has 0 aliphatic heterocycles. The second kappa shape index (κ2) is 15.8. The van der Waals surface area contributed by atoms with E-state index < -0.39 is 60.1 Å². The third-order valence-corrected chi connectivity index (χ3v) is 5.30. The van der Waals surface area contributed by atoms with E-state index in [1.807, 2.05) is 6.26 Å². The molecule has 6 atom stereocenters. The molecule has 12 nitrogen and oxygen atoms in total. The summed E-state index contributed by atoms with van der Waals surface area (Å²) in [7, 11) is 0. The summed E-state index contributed by atoms with van der Waals surface area (Å²) in [6.45, 7) is 2.81. The monoisotopic (exact) mass is 479 g/mol. The third-order valence-electron chi connectivity index (χ3n) is 4.66. The molecule has 0 aliphatic rings. The van der Waals surface area contributed by atoms with Crippen LogP contribution < -0.4 is 27.4 Å². The fourth-order valence-corrected chi connectivity index (χ4v) is 3.20. The van der Waals surface area contributed by atoms with E-state index in [4.69, 9.17) is 16.6 Å². The van der Waals surface area contributed by atoms with E-state index in [2.05, 4.69) is 16.0 Å². The van der Waals surface area contributed by atoms with Gasteiger partial charge in [-0.25, -0.2) is 4.79 Å². The number of carboxylic acid groups (broad SMARTS) is 1. The number of hydrogen-bond donors (Lipinski definition) is 8. The largest absolute Gasteiger partial charge is 0.480 e. The minimum absolute atomic E-state index is 0.226. The average molecular weight is 480 g/mol. The van der Waals surface area contributed by atoms with E-state index in [1.54, 1.807) is 0 Å². The third kappa shape index (κ3) is 11.1. The van der Waals surface area contributed by atoms with Gasteiger partial charge in [-0.1, -0.05) is 0 Å². The zero-order chi connectivity index (χ0) is 24.8. The zero-order valence-electron chi connectivity index (χ0n) is 18.7. The highest BCUT2D eigenvalue weighted by atomic mass is 32.2. The van der Waals surface area contributed by atoms with Crippen LogP contribution in [0.4, 0.5) is 0 Å². The molecule has 0 bridgehead atoms. The minimum atomic E-state index is -1.63. The van der Waals surface area contributed by atoms with Gasteiger partial charge in [-0.3, -0.25) is 14.4 Å². The van der Waals surface area contributed by atoms with E-state index in [1.165, 1.54) is 25.6 Å². The van der Waals surface area contributed by atoms with Gasteiger partial charge in [0.25, 0.3) is 0 Å². The molecule has 3 amide bonds. The Balaban J connectivity index is 5.36. The molecule has 0 aromatic heterocycles. The number of aliphatic hydroxyl groups excluding tert-OH is 2. The molecule has 10 N–H and O–H groups in total. The molecule has 32 heavy (non-hydrogen) atoms. The van der Waals surface area contributed by atoms with Gasteiger partial charge in [0.1, 0.15) is 12.1 Å². The number of nitrogens with two attached hydrogens (primary N) is 2. The molecule has 0 aromatic carbocycles. The van der Waals surface area contributed by atoms with Crippen LogP contribution in [0.2, 0.25) is 0 Å². The van der Waals surface area contributed by atoms with E-state index in [-0.39, 0.29) is 6.42 Å². The van der Waals surface area contributed by atoms with Crippen molar-refractivity contribution in [2.24, 2.45) is 11.5 Å². The van der Waals surface area contributed by atoms with Gasteiger partial charge in [0.2, 0.25) is 17.7 Å². The topological polar surface area (TPSA) is 217 Å². The van der Waals surface area contributed by atoms with Gasteiger partial charge in [0.15, 0.2) is 6.04 Å². The van der Waals surface area contributed by atoms with Gasteiger partial charge in [-0.05, 0) is 58.1 Å². The maximum Gasteiger partial charge on any atom is 0.328 e. The normalized spacial score (nSPS) is 16.7. The molecule has 0 aliphatic carbocycles. The summed E-state index contributed by atoms with van der Waals surface area (Å²) in [4.78, 5) is 48.9. The fourth-order valence-electron chi connectivity index (χ4n) is 2.71. The Morgan fingerprint density at radius 2 is 1.44 bits per heavy atom. The highest BCUT2D eigenvalue weighted by Gasteiger charge is 2.33. The van der Waals surface area contributed by atoms with E-state index in [9.17, 15) is 29.4 Å². The lowest BCUT2D eigenvalue weighted by atomic mass is 10.1. The van der Waals surface area contributed by atoms with Crippen molar-refractivity contribution in [3.63, 3.8) is 0 Å². The molecule has 0 spiro atoms. The highest BCUT2D eigenvalue weighted by molar-refractivity contribution is 7.98. The summed E-state index contributed by atoms with van der Waals surface area (Å²) in [6.07, 6.45) is 0.847. The molecular weight excluding hydrogens is 442 g/mol. The molecule has 0 saturated carbocycles. The summed E-state index contributed by atoms with van der Waals surface area (Å²) >= 11 is 1.53. The molecule has 186 valence electrons. The molecule has 0 heterocycles. The fraction of sp³-hybridized carbons (Fsp3) is 0.789. The van der Waals surface area contributed by atoms with Gasteiger partial charge in [0, 0.05) is 0 Å². The van der Waals surface area contributed by atoms with Gasteiger partial charge in [-0.15, -0.1) is 0 Å². The van der Waals surface area contributed by atoms with Crippen molar-refractivity contribution < 1.29 is 34.5 Å². The average Bonchev–Trinajstić information content (AvgIpc) is 2.72. The Bertz CT molecular complexity index is 621. The smallest absolute Gasteiger partial charge is 0.328 e. The number of aliphatic carboxylic acids is 1. The Morgan fingerprint density at radius 3 is 1.91 bits per heavy atom. The molecule has 0 rings (SSSR count). The van der Waals surface area contributed by atoms with Crippen LogP contribution in [0.1, 0.15) is 39.5 Å². The number of aliphatic hydroxyl groups is 2. The first kappa shape index (κ1) is 30.1. The number of unbranched alkanes of at least 4 members (excludes halogenated alkanes) is 1. The first-order valence-corrected chi connectivity index (χ1v) is 11.8. The van der Waals surface area contributed by atoms with Gasteiger partial charge in [0.05, 0.1) is 18.2 Å². The molecular formula is C19H37N5O7S. The first-order chi connectivity index (χ1) is 15.0. The van der Waals surface area contributed by atoms with Gasteiger partial charge < -0.3 is 42.7 Å². The summed E-state index contributed by atoms with van der Waals surface area (Å²) in [5, 5.41) is 35.6. The van der Waals surface area contributed by atoms with Crippen LogP contribution >= 0.6 is 11.8 Å². The minimum Gasteiger partial charge on any atom is -0.480 e. The van der Waals surface area contributed by atoms with Gasteiger partial charge >= 0.3 is 5.97 Å². The van der Waals surface area contributed by atoms with Crippen molar-refractivity contribution in [3.8, 4) is 0 Å². The molecule has 0 saturated heterocycles. The van der Waals surface area contributed by atoms with E-state index >= 15 is 0 Å². The number of hydrogen-bond acceptors (Lipinski definition) is 9. The molecule has 6 unspecified atom stereocenters. The summed E-state index contributed by atoms with van der Waals surface area (Å²) in [5.41, 5.74) is 11.3. The Morgan fingerprint density at radius 1 is 0.875 bits per heavy atom. The van der Waals surface area contributed by atoms with Crippen molar-refractivity contribution >= 4 is 35.5 Å². The quantitative estimate of drug-likeness (QED) is 0.109. The summed E-state index contributed by atoms with van der Waals surface area (Å²) < 4.78 is 0. The standard InChI is InChI=1S/C19H37N5O7S/c1-10(25)14(18(29)24-15(11(2)26)19(30)31)23-17(28)13(6-4-5-8-20)22-16(27)12(21)7-9-32-3/h10-15,25-26H,4-9,20-21H2,1-3H3,(H,22,27)(H,23,28)(H,24,29)(H,30,31). The van der Waals surface area contributed by atoms with Crippen LogP contribution in [0.3, 0.4) is 0 Å².